The first-order valence-corrected chi connectivity index (χ1v) is 6.26. The molecule has 2 rings (SSSR count). The van der Waals surface area contributed by atoms with E-state index >= 15 is 0 Å². The van der Waals surface area contributed by atoms with E-state index in [0.717, 1.165) is 30.4 Å². The van der Waals surface area contributed by atoms with Gasteiger partial charge in [-0.05, 0) is 43.4 Å². The molecule has 1 aromatic rings. The smallest absolute Gasteiger partial charge is 0.101 e. The van der Waals surface area contributed by atoms with Gasteiger partial charge in [0.05, 0.1) is 0 Å². The van der Waals surface area contributed by atoms with Crippen molar-refractivity contribution in [1.82, 2.24) is 0 Å². The zero-order valence-corrected chi connectivity index (χ0v) is 10.4. The van der Waals surface area contributed by atoms with Crippen LogP contribution in [0.4, 0.5) is 0 Å². The van der Waals surface area contributed by atoms with Crippen molar-refractivity contribution in [3.63, 3.8) is 0 Å². The predicted octanol–water partition coefficient (Wildman–Crippen LogP) is 4.53. The number of halogens is 2. The number of hydrogen-bond donors (Lipinski definition) is 1. The second-order valence-electron chi connectivity index (χ2n) is 4.09. The lowest BCUT2D eigenvalue weighted by Gasteiger charge is -2.19. The molecule has 1 atom stereocenters. The van der Waals surface area contributed by atoms with Gasteiger partial charge in [0.1, 0.15) is 6.10 Å². The Labute approximate surface area is 106 Å². The van der Waals surface area contributed by atoms with Crippen molar-refractivity contribution < 1.29 is 5.11 Å². The van der Waals surface area contributed by atoms with Gasteiger partial charge in [0, 0.05) is 15.6 Å². The molecule has 1 N–H and O–H groups in total. The highest BCUT2D eigenvalue weighted by atomic mass is 35.5. The average molecular weight is 257 g/mol. The first-order chi connectivity index (χ1) is 7.68. The minimum Gasteiger partial charge on any atom is -0.384 e. The molecular weight excluding hydrogens is 243 g/mol. The molecule has 1 unspecified atom stereocenters. The van der Waals surface area contributed by atoms with E-state index in [1.165, 1.54) is 6.42 Å². The summed E-state index contributed by atoms with van der Waals surface area (Å²) >= 11 is 11.9. The molecule has 0 bridgehead atoms. The topological polar surface area (TPSA) is 20.2 Å². The molecule has 0 saturated carbocycles. The van der Waals surface area contributed by atoms with Gasteiger partial charge in [-0.2, -0.15) is 0 Å². The van der Waals surface area contributed by atoms with Crippen LogP contribution in [0.5, 0.6) is 0 Å². The lowest BCUT2D eigenvalue weighted by atomic mass is 9.92. The van der Waals surface area contributed by atoms with E-state index in [2.05, 4.69) is 6.08 Å². The Morgan fingerprint density at radius 2 is 2.00 bits per heavy atom. The SMILES string of the molecule is OC(C1=CCCCC1)c1ccc(Cl)cc1Cl. The number of benzene rings is 1. The lowest BCUT2D eigenvalue weighted by Crippen LogP contribution is -2.05. The summed E-state index contributed by atoms with van der Waals surface area (Å²) in [4.78, 5) is 0. The summed E-state index contributed by atoms with van der Waals surface area (Å²) in [7, 11) is 0. The maximum atomic E-state index is 10.2. The first kappa shape index (κ1) is 12.0. The fourth-order valence-corrected chi connectivity index (χ4v) is 2.55. The van der Waals surface area contributed by atoms with Crippen LogP contribution in [0.3, 0.4) is 0 Å². The molecule has 1 aromatic carbocycles. The summed E-state index contributed by atoms with van der Waals surface area (Å²) < 4.78 is 0. The van der Waals surface area contributed by atoms with Crippen molar-refractivity contribution >= 4 is 23.2 Å². The predicted molar refractivity (Wildman–Crippen MR) is 68.0 cm³/mol. The Morgan fingerprint density at radius 3 is 2.62 bits per heavy atom. The quantitative estimate of drug-likeness (QED) is 0.772. The lowest BCUT2D eigenvalue weighted by molar-refractivity contribution is 0.208. The number of hydrogen-bond acceptors (Lipinski definition) is 1. The molecule has 0 spiro atoms. The molecule has 0 saturated heterocycles. The van der Waals surface area contributed by atoms with Gasteiger partial charge in [-0.1, -0.05) is 35.3 Å². The Hall–Kier alpha value is -0.500. The van der Waals surface area contributed by atoms with Crippen molar-refractivity contribution in [3.8, 4) is 0 Å². The molecule has 1 aliphatic rings. The van der Waals surface area contributed by atoms with Crippen LogP contribution in [-0.2, 0) is 0 Å². The molecule has 0 aliphatic heterocycles. The summed E-state index contributed by atoms with van der Waals surface area (Å²) in [6.07, 6.45) is 5.92. The van der Waals surface area contributed by atoms with Crippen molar-refractivity contribution in [3.05, 3.63) is 45.5 Å². The zero-order chi connectivity index (χ0) is 11.5. The van der Waals surface area contributed by atoms with E-state index in [1.807, 2.05) is 0 Å². The maximum Gasteiger partial charge on any atom is 0.101 e. The van der Waals surface area contributed by atoms with Crippen molar-refractivity contribution in [2.75, 3.05) is 0 Å². The number of aliphatic hydroxyl groups is 1. The summed E-state index contributed by atoms with van der Waals surface area (Å²) in [6, 6.07) is 5.23. The maximum absolute atomic E-state index is 10.2. The second-order valence-corrected chi connectivity index (χ2v) is 4.94. The van der Waals surface area contributed by atoms with Gasteiger partial charge in [-0.15, -0.1) is 0 Å². The van der Waals surface area contributed by atoms with Crippen LogP contribution < -0.4 is 0 Å². The third-order valence-corrected chi connectivity index (χ3v) is 3.50. The van der Waals surface area contributed by atoms with Gasteiger partial charge in [-0.25, -0.2) is 0 Å². The molecule has 0 aromatic heterocycles. The monoisotopic (exact) mass is 256 g/mol. The van der Waals surface area contributed by atoms with Crippen LogP contribution in [0, 0.1) is 0 Å². The van der Waals surface area contributed by atoms with Gasteiger partial charge in [0.25, 0.3) is 0 Å². The summed E-state index contributed by atoms with van der Waals surface area (Å²) in [5, 5.41) is 11.4. The molecule has 0 amide bonds. The summed E-state index contributed by atoms with van der Waals surface area (Å²) in [6.45, 7) is 0. The molecule has 0 radical (unpaired) electrons. The molecule has 0 fully saturated rings. The molecule has 3 heteroatoms. The van der Waals surface area contributed by atoms with E-state index < -0.39 is 6.10 Å². The highest BCUT2D eigenvalue weighted by Gasteiger charge is 2.17. The fraction of sp³-hybridized carbons (Fsp3) is 0.385. The van der Waals surface area contributed by atoms with Crippen molar-refractivity contribution in [2.24, 2.45) is 0 Å². The largest absolute Gasteiger partial charge is 0.384 e. The third kappa shape index (κ3) is 2.60. The van der Waals surface area contributed by atoms with E-state index in [4.69, 9.17) is 23.2 Å². The third-order valence-electron chi connectivity index (χ3n) is 2.93. The highest BCUT2D eigenvalue weighted by Crippen LogP contribution is 2.34. The van der Waals surface area contributed by atoms with E-state index in [1.54, 1.807) is 18.2 Å². The standard InChI is InChI=1S/C13H14Cl2O/c14-10-6-7-11(12(15)8-10)13(16)9-4-2-1-3-5-9/h4,6-8,13,16H,1-3,5H2. The average Bonchev–Trinajstić information content (AvgIpc) is 2.29. The van der Waals surface area contributed by atoms with E-state index in [-0.39, 0.29) is 0 Å². The van der Waals surface area contributed by atoms with E-state index in [0.29, 0.717) is 10.0 Å². The molecular formula is C13H14Cl2O. The summed E-state index contributed by atoms with van der Waals surface area (Å²) in [5.41, 5.74) is 1.83. The van der Waals surface area contributed by atoms with Gasteiger partial charge >= 0.3 is 0 Å². The minimum atomic E-state index is -0.579. The number of rotatable bonds is 2. The summed E-state index contributed by atoms with van der Waals surface area (Å²) in [5.74, 6) is 0. The van der Waals surface area contributed by atoms with Crippen molar-refractivity contribution in [2.45, 2.75) is 31.8 Å². The van der Waals surface area contributed by atoms with Crippen LogP contribution in [-0.4, -0.2) is 5.11 Å². The Kier molecular flexibility index (Phi) is 3.91. The van der Waals surface area contributed by atoms with Gasteiger partial charge in [0.2, 0.25) is 0 Å². The fourth-order valence-electron chi connectivity index (χ4n) is 2.03. The number of allylic oxidation sites excluding steroid dienone is 1. The van der Waals surface area contributed by atoms with Crippen LogP contribution in [0.2, 0.25) is 10.0 Å². The molecule has 1 aliphatic carbocycles. The highest BCUT2D eigenvalue weighted by molar-refractivity contribution is 6.35. The van der Waals surface area contributed by atoms with Gasteiger partial charge in [0.15, 0.2) is 0 Å². The Balaban J connectivity index is 2.26. The van der Waals surface area contributed by atoms with Gasteiger partial charge < -0.3 is 5.11 Å². The van der Waals surface area contributed by atoms with Gasteiger partial charge in [-0.3, -0.25) is 0 Å². The second kappa shape index (κ2) is 5.22. The van der Waals surface area contributed by atoms with E-state index in [9.17, 15) is 5.11 Å². The van der Waals surface area contributed by atoms with Crippen LogP contribution in [0.25, 0.3) is 0 Å². The normalized spacial score (nSPS) is 18.1. The van der Waals surface area contributed by atoms with Crippen LogP contribution in [0.1, 0.15) is 37.4 Å². The van der Waals surface area contributed by atoms with Crippen LogP contribution in [0.15, 0.2) is 29.8 Å². The molecule has 0 heterocycles. The Bertz CT molecular complexity index is 412. The molecule has 86 valence electrons. The number of aliphatic hydroxyl groups excluding tert-OH is 1. The minimum absolute atomic E-state index is 0.534. The van der Waals surface area contributed by atoms with Crippen LogP contribution >= 0.6 is 23.2 Å². The molecule has 16 heavy (non-hydrogen) atoms. The first-order valence-electron chi connectivity index (χ1n) is 5.50. The Morgan fingerprint density at radius 1 is 1.19 bits per heavy atom. The molecule has 1 nitrogen and oxygen atoms in total. The zero-order valence-electron chi connectivity index (χ0n) is 8.92. The van der Waals surface area contributed by atoms with Crippen molar-refractivity contribution in [1.29, 1.82) is 0 Å².